The number of hydrogen-bond acceptors (Lipinski definition) is 6. The number of hydrogen-bond donors (Lipinski definition) is 3. The van der Waals surface area contributed by atoms with Crippen LogP contribution in [-0.2, 0) is 13.6 Å². The Kier molecular flexibility index (Phi) is 3.72. The molecule has 8 nitrogen and oxygen atoms in total. The van der Waals surface area contributed by atoms with Crippen molar-refractivity contribution in [1.82, 2.24) is 25.0 Å². The van der Waals surface area contributed by atoms with Crippen LogP contribution in [-0.4, -0.2) is 26.7 Å². The van der Waals surface area contributed by atoms with Gasteiger partial charge in [-0.15, -0.1) is 0 Å². The second-order valence-corrected chi connectivity index (χ2v) is 4.12. The van der Waals surface area contributed by atoms with Crippen molar-refractivity contribution in [1.29, 1.82) is 0 Å². The van der Waals surface area contributed by atoms with E-state index in [-0.39, 0.29) is 6.04 Å². The largest absolute Gasteiger partial charge is 0.493 e. The molecule has 0 aliphatic carbocycles. The van der Waals surface area contributed by atoms with Gasteiger partial charge in [-0.1, -0.05) is 0 Å². The number of ether oxygens (including phenoxy) is 1. The van der Waals surface area contributed by atoms with E-state index in [9.17, 15) is 0 Å². The Hall–Kier alpha value is -2.06. The van der Waals surface area contributed by atoms with Crippen molar-refractivity contribution in [2.24, 2.45) is 12.9 Å². The van der Waals surface area contributed by atoms with Gasteiger partial charge in [-0.3, -0.25) is 15.2 Å². The Labute approximate surface area is 111 Å². The first-order valence-corrected chi connectivity index (χ1v) is 5.97. The van der Waals surface area contributed by atoms with Crippen LogP contribution in [0.1, 0.15) is 24.2 Å². The normalized spacial score (nSPS) is 12.6. The molecular weight excluding hydrogens is 246 g/mol. The highest BCUT2D eigenvalue weighted by Gasteiger charge is 2.25. The Morgan fingerprint density at radius 2 is 2.16 bits per heavy atom. The van der Waals surface area contributed by atoms with E-state index in [1.54, 1.807) is 31.2 Å². The maximum atomic E-state index is 6.00. The molecule has 2 heterocycles. The molecule has 0 aliphatic rings. The number of nitrogens with two attached hydrogens (primary N) is 2. The van der Waals surface area contributed by atoms with Crippen molar-refractivity contribution in [2.75, 3.05) is 12.8 Å². The van der Waals surface area contributed by atoms with Crippen LogP contribution in [0.5, 0.6) is 5.75 Å². The van der Waals surface area contributed by atoms with Gasteiger partial charge in [0, 0.05) is 19.2 Å². The molecule has 0 fully saturated rings. The number of rotatable bonds is 5. The number of nitrogens with zero attached hydrogens (tertiary/aromatic N) is 4. The fraction of sp³-hybridized carbons (Fsp3) is 0.455. The number of methoxy groups -OCH3 is 1. The Bertz CT molecular complexity index is 538. The van der Waals surface area contributed by atoms with Gasteiger partial charge >= 0.3 is 0 Å². The quantitative estimate of drug-likeness (QED) is 0.509. The summed E-state index contributed by atoms with van der Waals surface area (Å²) in [5.74, 6) is 6.89. The highest BCUT2D eigenvalue weighted by Crippen LogP contribution is 2.31. The number of hydrazine groups is 1. The molecule has 0 aromatic carbocycles. The van der Waals surface area contributed by atoms with Crippen LogP contribution in [0.15, 0.2) is 12.4 Å². The molecule has 0 aliphatic heterocycles. The number of nitrogens with one attached hydrogen (secondary N) is 1. The molecule has 8 heteroatoms. The lowest BCUT2D eigenvalue weighted by atomic mass is 10.1. The predicted molar refractivity (Wildman–Crippen MR) is 71.2 cm³/mol. The molecule has 2 aromatic rings. The van der Waals surface area contributed by atoms with Gasteiger partial charge in [-0.2, -0.15) is 10.2 Å². The summed E-state index contributed by atoms with van der Waals surface area (Å²) in [5.41, 5.74) is 10.4. The summed E-state index contributed by atoms with van der Waals surface area (Å²) in [7, 11) is 3.38. The number of aromatic nitrogens is 4. The Morgan fingerprint density at radius 3 is 2.63 bits per heavy atom. The monoisotopic (exact) mass is 265 g/mol. The lowest BCUT2D eigenvalue weighted by molar-refractivity contribution is 0.399. The molecule has 0 saturated heterocycles. The Balaban J connectivity index is 2.53. The average Bonchev–Trinajstić information content (AvgIpc) is 2.98. The van der Waals surface area contributed by atoms with Crippen molar-refractivity contribution in [3.05, 3.63) is 23.7 Å². The van der Waals surface area contributed by atoms with E-state index in [0.717, 1.165) is 11.3 Å². The third-order valence-electron chi connectivity index (χ3n) is 3.13. The molecule has 0 saturated carbocycles. The molecule has 2 rings (SSSR count). The Morgan fingerprint density at radius 1 is 1.42 bits per heavy atom. The van der Waals surface area contributed by atoms with E-state index < -0.39 is 0 Å². The summed E-state index contributed by atoms with van der Waals surface area (Å²) in [6.07, 6.45) is 3.35. The molecule has 1 atom stereocenters. The molecule has 2 aromatic heterocycles. The first-order valence-electron chi connectivity index (χ1n) is 5.97. The van der Waals surface area contributed by atoms with Crippen LogP contribution < -0.4 is 21.7 Å². The maximum Gasteiger partial charge on any atom is 0.161 e. The first-order chi connectivity index (χ1) is 9.13. The predicted octanol–water partition coefficient (Wildman–Crippen LogP) is -0.220. The lowest BCUT2D eigenvalue weighted by Gasteiger charge is -2.18. The first kappa shape index (κ1) is 13.4. The fourth-order valence-corrected chi connectivity index (χ4v) is 2.08. The van der Waals surface area contributed by atoms with Crippen molar-refractivity contribution >= 4 is 5.82 Å². The molecular formula is C11H19N7O. The maximum absolute atomic E-state index is 6.00. The molecule has 0 amide bonds. The summed E-state index contributed by atoms with van der Waals surface area (Å²) >= 11 is 0. The van der Waals surface area contributed by atoms with Crippen LogP contribution >= 0.6 is 0 Å². The molecule has 0 bridgehead atoms. The van der Waals surface area contributed by atoms with Crippen LogP contribution in [0.4, 0.5) is 5.82 Å². The number of nitrogen functional groups attached to an aromatic ring is 1. The second kappa shape index (κ2) is 5.29. The van der Waals surface area contributed by atoms with E-state index in [2.05, 4.69) is 15.6 Å². The highest BCUT2D eigenvalue weighted by atomic mass is 16.5. The van der Waals surface area contributed by atoms with Gasteiger partial charge in [0.1, 0.15) is 11.5 Å². The van der Waals surface area contributed by atoms with Gasteiger partial charge in [0.25, 0.3) is 0 Å². The van der Waals surface area contributed by atoms with Gasteiger partial charge < -0.3 is 10.5 Å². The summed E-state index contributed by atoms with van der Waals surface area (Å²) < 4.78 is 8.74. The van der Waals surface area contributed by atoms with Crippen molar-refractivity contribution in [2.45, 2.75) is 19.5 Å². The topological polar surface area (TPSA) is 109 Å². The third-order valence-corrected chi connectivity index (χ3v) is 3.13. The second-order valence-electron chi connectivity index (χ2n) is 4.12. The van der Waals surface area contributed by atoms with Gasteiger partial charge in [0.15, 0.2) is 5.75 Å². The minimum absolute atomic E-state index is 0.328. The molecule has 104 valence electrons. The van der Waals surface area contributed by atoms with Gasteiger partial charge in [0.05, 0.1) is 25.5 Å². The van der Waals surface area contributed by atoms with E-state index in [0.29, 0.717) is 18.1 Å². The van der Waals surface area contributed by atoms with Crippen molar-refractivity contribution in [3.63, 3.8) is 0 Å². The summed E-state index contributed by atoms with van der Waals surface area (Å²) in [4.78, 5) is 0. The van der Waals surface area contributed by atoms with Crippen LogP contribution in [0, 0.1) is 0 Å². The summed E-state index contributed by atoms with van der Waals surface area (Å²) in [6, 6.07) is -0.328. The minimum Gasteiger partial charge on any atom is -0.493 e. The van der Waals surface area contributed by atoms with Gasteiger partial charge in [-0.05, 0) is 6.92 Å². The van der Waals surface area contributed by atoms with E-state index in [1.807, 2.05) is 11.6 Å². The van der Waals surface area contributed by atoms with E-state index in [1.165, 1.54) is 0 Å². The summed E-state index contributed by atoms with van der Waals surface area (Å²) in [5, 5.41) is 8.40. The van der Waals surface area contributed by atoms with Crippen LogP contribution in [0.3, 0.4) is 0 Å². The highest BCUT2D eigenvalue weighted by molar-refractivity contribution is 5.46. The van der Waals surface area contributed by atoms with Gasteiger partial charge in [0.2, 0.25) is 0 Å². The lowest BCUT2D eigenvalue weighted by Crippen LogP contribution is -2.31. The standard InChI is InChI=1S/C11H19N7O/c1-4-18-10(8(19-3)6-15-18)9(16-13)7-5-14-17(2)11(7)12/h5-6,9,16H,4,12-13H2,1-3H3. The fourth-order valence-electron chi connectivity index (χ4n) is 2.08. The molecule has 5 N–H and O–H groups in total. The van der Waals surface area contributed by atoms with Crippen molar-refractivity contribution in [3.8, 4) is 5.75 Å². The minimum atomic E-state index is -0.328. The SMILES string of the molecule is CCn1ncc(OC)c1C(NN)c1cnn(C)c1N. The average molecular weight is 265 g/mol. The van der Waals surface area contributed by atoms with Crippen molar-refractivity contribution < 1.29 is 4.74 Å². The van der Waals surface area contributed by atoms with Crippen LogP contribution in [0.2, 0.25) is 0 Å². The molecule has 1 unspecified atom stereocenters. The van der Waals surface area contributed by atoms with Crippen LogP contribution in [0.25, 0.3) is 0 Å². The molecule has 19 heavy (non-hydrogen) atoms. The smallest absolute Gasteiger partial charge is 0.161 e. The van der Waals surface area contributed by atoms with E-state index >= 15 is 0 Å². The zero-order valence-corrected chi connectivity index (χ0v) is 11.3. The van der Waals surface area contributed by atoms with E-state index in [4.69, 9.17) is 16.3 Å². The third kappa shape index (κ3) is 2.15. The zero-order chi connectivity index (χ0) is 14.0. The number of aryl methyl sites for hydroxylation is 2. The molecule has 0 spiro atoms. The molecule has 0 radical (unpaired) electrons. The van der Waals surface area contributed by atoms with Gasteiger partial charge in [-0.25, -0.2) is 5.43 Å². The zero-order valence-electron chi connectivity index (χ0n) is 11.3. The summed E-state index contributed by atoms with van der Waals surface area (Å²) in [6.45, 7) is 2.70. The number of anilines is 1.